The van der Waals surface area contributed by atoms with Crippen LogP contribution in [0.25, 0.3) is 22.6 Å². The first kappa shape index (κ1) is 15.0. The van der Waals surface area contributed by atoms with E-state index < -0.39 is 0 Å². The number of pyridine rings is 2. The van der Waals surface area contributed by atoms with Crippen molar-refractivity contribution in [3.8, 4) is 17.5 Å². The van der Waals surface area contributed by atoms with Crippen molar-refractivity contribution >= 4 is 11.2 Å². The Morgan fingerprint density at radius 1 is 1.08 bits per heavy atom. The lowest BCUT2D eigenvalue weighted by Crippen LogP contribution is -2.03. The minimum absolute atomic E-state index is 0.635. The van der Waals surface area contributed by atoms with Gasteiger partial charge in [0.05, 0.1) is 18.2 Å². The lowest BCUT2D eigenvalue weighted by molar-refractivity contribution is 0.823. The highest BCUT2D eigenvalue weighted by atomic mass is 15.1. The van der Waals surface area contributed by atoms with E-state index in [0.717, 1.165) is 33.7 Å². The summed E-state index contributed by atoms with van der Waals surface area (Å²) >= 11 is 0. The second kappa shape index (κ2) is 6.17. The third kappa shape index (κ3) is 2.86. The number of fused-ring (bicyclic) bond motifs is 1. The van der Waals surface area contributed by atoms with Crippen LogP contribution in [0, 0.1) is 18.3 Å². The number of benzene rings is 1. The fourth-order valence-electron chi connectivity index (χ4n) is 2.85. The molecule has 0 aliphatic carbocycles. The quantitative estimate of drug-likeness (QED) is 0.576. The zero-order chi connectivity index (χ0) is 17.2. The number of aromatic nitrogens is 4. The Labute approximate surface area is 145 Å². The molecule has 0 aliphatic rings. The summed E-state index contributed by atoms with van der Waals surface area (Å²) in [6, 6.07) is 15.7. The molecule has 4 aromatic rings. The minimum Gasteiger partial charge on any atom is -0.304 e. The molecule has 0 spiro atoms. The fraction of sp³-hybridized carbons (Fsp3) is 0.100. The standard InChI is InChI=1S/C20H15N5/c1-14-10-18-20(23-12-14)25(13-16-4-2-15(11-21)3-5-16)19(24-18)17-6-8-22-9-7-17/h2-10,12H,13H2,1H3. The Bertz CT molecular complexity index is 1070. The molecule has 0 aliphatic heterocycles. The number of nitrogens with zero attached hydrogens (tertiary/aromatic N) is 5. The van der Waals surface area contributed by atoms with Crippen LogP contribution in [0.4, 0.5) is 0 Å². The monoisotopic (exact) mass is 325 g/mol. The van der Waals surface area contributed by atoms with E-state index >= 15 is 0 Å². The van der Waals surface area contributed by atoms with E-state index in [1.165, 1.54) is 0 Å². The molecule has 1 aromatic carbocycles. The predicted molar refractivity (Wildman–Crippen MR) is 95.8 cm³/mol. The first-order chi connectivity index (χ1) is 12.2. The van der Waals surface area contributed by atoms with Crippen molar-refractivity contribution in [1.29, 1.82) is 5.26 Å². The van der Waals surface area contributed by atoms with Crippen molar-refractivity contribution in [2.75, 3.05) is 0 Å². The van der Waals surface area contributed by atoms with Gasteiger partial charge in [-0.1, -0.05) is 12.1 Å². The zero-order valence-corrected chi connectivity index (χ0v) is 13.7. The highest BCUT2D eigenvalue weighted by Gasteiger charge is 2.14. The second-order valence-electron chi connectivity index (χ2n) is 5.92. The molecular formula is C20H15N5. The molecule has 0 bridgehead atoms. The summed E-state index contributed by atoms with van der Waals surface area (Å²) in [6.07, 6.45) is 5.38. The highest BCUT2D eigenvalue weighted by molar-refractivity contribution is 5.77. The maximum atomic E-state index is 8.96. The number of hydrogen-bond donors (Lipinski definition) is 0. The molecule has 25 heavy (non-hydrogen) atoms. The van der Waals surface area contributed by atoms with Gasteiger partial charge in [-0.25, -0.2) is 9.97 Å². The molecule has 5 nitrogen and oxygen atoms in total. The van der Waals surface area contributed by atoms with Gasteiger partial charge < -0.3 is 4.57 Å². The molecule has 4 rings (SSSR count). The van der Waals surface area contributed by atoms with Crippen molar-refractivity contribution in [1.82, 2.24) is 19.5 Å². The number of rotatable bonds is 3. The molecule has 120 valence electrons. The smallest absolute Gasteiger partial charge is 0.160 e. The maximum Gasteiger partial charge on any atom is 0.160 e. The first-order valence-electron chi connectivity index (χ1n) is 7.97. The molecule has 0 fully saturated rings. The van der Waals surface area contributed by atoms with Crippen LogP contribution in [0.1, 0.15) is 16.7 Å². The van der Waals surface area contributed by atoms with Crippen LogP contribution in [-0.4, -0.2) is 19.5 Å². The van der Waals surface area contributed by atoms with Gasteiger partial charge in [0.15, 0.2) is 5.65 Å². The third-order valence-corrected chi connectivity index (χ3v) is 4.08. The highest BCUT2D eigenvalue weighted by Crippen LogP contribution is 2.25. The van der Waals surface area contributed by atoms with E-state index in [1.54, 1.807) is 12.4 Å². The summed E-state index contributed by atoms with van der Waals surface area (Å²) < 4.78 is 2.10. The Balaban J connectivity index is 1.86. The summed E-state index contributed by atoms with van der Waals surface area (Å²) in [7, 11) is 0. The number of hydrogen-bond acceptors (Lipinski definition) is 4. The van der Waals surface area contributed by atoms with Crippen LogP contribution in [-0.2, 0) is 6.54 Å². The summed E-state index contributed by atoms with van der Waals surface area (Å²) in [4.78, 5) is 13.5. The van der Waals surface area contributed by atoms with Crippen LogP contribution >= 0.6 is 0 Å². The van der Waals surface area contributed by atoms with Gasteiger partial charge in [-0.15, -0.1) is 0 Å². The molecule has 3 aromatic heterocycles. The van der Waals surface area contributed by atoms with Crippen LogP contribution in [0.5, 0.6) is 0 Å². The van der Waals surface area contributed by atoms with Gasteiger partial charge in [0.2, 0.25) is 0 Å². The van der Waals surface area contributed by atoms with E-state index in [2.05, 4.69) is 20.6 Å². The SMILES string of the molecule is Cc1cnc2c(c1)nc(-c1ccncc1)n2Cc1ccc(C#N)cc1. The van der Waals surface area contributed by atoms with Gasteiger partial charge in [-0.05, 0) is 48.4 Å². The van der Waals surface area contributed by atoms with Gasteiger partial charge >= 0.3 is 0 Å². The summed E-state index contributed by atoms with van der Waals surface area (Å²) in [6.45, 7) is 2.65. The molecule has 0 N–H and O–H groups in total. The molecule has 0 saturated heterocycles. The summed E-state index contributed by atoms with van der Waals surface area (Å²) in [5.74, 6) is 0.861. The Morgan fingerprint density at radius 3 is 2.56 bits per heavy atom. The van der Waals surface area contributed by atoms with Gasteiger partial charge in [-0.2, -0.15) is 5.26 Å². The van der Waals surface area contributed by atoms with Crippen molar-refractivity contribution in [3.63, 3.8) is 0 Å². The van der Waals surface area contributed by atoms with Crippen molar-refractivity contribution in [3.05, 3.63) is 77.7 Å². The molecule has 5 heteroatoms. The molecule has 3 heterocycles. The number of imidazole rings is 1. The number of aryl methyl sites for hydroxylation is 1. The summed E-state index contributed by atoms with van der Waals surface area (Å²) in [5.41, 5.74) is 5.55. The van der Waals surface area contributed by atoms with Crippen LogP contribution in [0.2, 0.25) is 0 Å². The third-order valence-electron chi connectivity index (χ3n) is 4.08. The lowest BCUT2D eigenvalue weighted by Gasteiger charge is -2.09. The van der Waals surface area contributed by atoms with Gasteiger partial charge in [-0.3, -0.25) is 4.98 Å². The molecule has 0 atom stereocenters. The van der Waals surface area contributed by atoms with Crippen LogP contribution < -0.4 is 0 Å². The largest absolute Gasteiger partial charge is 0.304 e. The van der Waals surface area contributed by atoms with Gasteiger partial charge in [0.1, 0.15) is 11.3 Å². The normalized spacial score (nSPS) is 10.7. The first-order valence-corrected chi connectivity index (χ1v) is 7.97. The van der Waals surface area contributed by atoms with Crippen molar-refractivity contribution in [2.45, 2.75) is 13.5 Å². The maximum absolute atomic E-state index is 8.96. The fourth-order valence-corrected chi connectivity index (χ4v) is 2.85. The number of nitriles is 1. The molecule has 0 amide bonds. The van der Waals surface area contributed by atoms with Crippen LogP contribution in [0.3, 0.4) is 0 Å². The molecular weight excluding hydrogens is 310 g/mol. The molecule has 0 radical (unpaired) electrons. The summed E-state index contributed by atoms with van der Waals surface area (Å²) in [5, 5.41) is 8.96. The Kier molecular flexibility index (Phi) is 3.71. The average Bonchev–Trinajstić information content (AvgIpc) is 3.00. The minimum atomic E-state index is 0.635. The topological polar surface area (TPSA) is 67.4 Å². The van der Waals surface area contributed by atoms with E-state index in [0.29, 0.717) is 12.1 Å². The molecule has 0 saturated carbocycles. The second-order valence-corrected chi connectivity index (χ2v) is 5.92. The van der Waals surface area contributed by atoms with E-state index in [9.17, 15) is 0 Å². The van der Waals surface area contributed by atoms with Gasteiger partial charge in [0.25, 0.3) is 0 Å². The lowest BCUT2D eigenvalue weighted by atomic mass is 10.1. The van der Waals surface area contributed by atoms with E-state index in [4.69, 9.17) is 10.2 Å². The zero-order valence-electron chi connectivity index (χ0n) is 13.7. The van der Waals surface area contributed by atoms with E-state index in [-0.39, 0.29) is 0 Å². The van der Waals surface area contributed by atoms with Crippen molar-refractivity contribution in [2.24, 2.45) is 0 Å². The van der Waals surface area contributed by atoms with E-state index in [1.807, 2.05) is 55.6 Å². The van der Waals surface area contributed by atoms with Gasteiger partial charge in [0, 0.05) is 24.2 Å². The Hall–Kier alpha value is -3.52. The average molecular weight is 325 g/mol. The molecule has 0 unspecified atom stereocenters. The van der Waals surface area contributed by atoms with Crippen LogP contribution in [0.15, 0.2) is 61.1 Å². The predicted octanol–water partition coefficient (Wildman–Crippen LogP) is 3.72. The van der Waals surface area contributed by atoms with Crippen molar-refractivity contribution < 1.29 is 0 Å². The Morgan fingerprint density at radius 2 is 1.84 bits per heavy atom.